The van der Waals surface area contributed by atoms with Gasteiger partial charge in [-0.3, -0.25) is 4.79 Å². The van der Waals surface area contributed by atoms with Crippen molar-refractivity contribution in [3.63, 3.8) is 0 Å². The molecule has 0 spiro atoms. The van der Waals surface area contributed by atoms with Crippen molar-refractivity contribution in [3.8, 4) is 0 Å². The van der Waals surface area contributed by atoms with E-state index in [1.54, 1.807) is 0 Å². The van der Waals surface area contributed by atoms with Crippen LogP contribution in [0.4, 0.5) is 0 Å². The molecule has 1 saturated heterocycles. The Balaban J connectivity index is 1.73. The van der Waals surface area contributed by atoms with Gasteiger partial charge in [-0.2, -0.15) is 0 Å². The molecule has 18 heavy (non-hydrogen) atoms. The average molecular weight is 249 g/mol. The van der Waals surface area contributed by atoms with Gasteiger partial charge in [-0.05, 0) is 18.9 Å². The first-order chi connectivity index (χ1) is 8.75. The summed E-state index contributed by atoms with van der Waals surface area (Å²) in [6.07, 6.45) is 0.386. The number of hydrogen-bond donors (Lipinski definition) is 1. The van der Waals surface area contributed by atoms with Gasteiger partial charge in [-0.1, -0.05) is 29.8 Å². The summed E-state index contributed by atoms with van der Waals surface area (Å²) < 4.78 is 10.5. The van der Waals surface area contributed by atoms with Gasteiger partial charge in [0.25, 0.3) is 5.91 Å². The quantitative estimate of drug-likeness (QED) is 0.868. The van der Waals surface area contributed by atoms with Gasteiger partial charge in [0.15, 0.2) is 6.10 Å². The Morgan fingerprint density at radius 2 is 2.33 bits per heavy atom. The topological polar surface area (TPSA) is 47.6 Å². The number of rotatable bonds is 4. The Morgan fingerprint density at radius 1 is 1.44 bits per heavy atom. The first-order valence-corrected chi connectivity index (χ1v) is 6.28. The molecule has 0 unspecified atom stereocenters. The third kappa shape index (κ3) is 3.82. The lowest BCUT2D eigenvalue weighted by molar-refractivity contribution is -0.147. The number of amides is 1. The van der Waals surface area contributed by atoms with Crippen LogP contribution in [0.2, 0.25) is 0 Å². The number of carbonyl (C=O) groups is 1. The fourth-order valence-electron chi connectivity index (χ4n) is 1.95. The highest BCUT2D eigenvalue weighted by Crippen LogP contribution is 2.04. The fourth-order valence-corrected chi connectivity index (χ4v) is 1.95. The van der Waals surface area contributed by atoms with Crippen molar-refractivity contribution in [2.24, 2.45) is 0 Å². The molecular formula is C14H19NO3. The van der Waals surface area contributed by atoms with Crippen molar-refractivity contribution in [2.45, 2.75) is 19.4 Å². The zero-order valence-corrected chi connectivity index (χ0v) is 10.6. The lowest BCUT2D eigenvalue weighted by Gasteiger charge is -2.22. The second-order valence-corrected chi connectivity index (χ2v) is 4.46. The number of benzene rings is 1. The van der Waals surface area contributed by atoms with Crippen LogP contribution in [0.5, 0.6) is 0 Å². The van der Waals surface area contributed by atoms with E-state index in [1.165, 1.54) is 11.1 Å². The maximum absolute atomic E-state index is 11.7. The molecule has 0 radical (unpaired) electrons. The van der Waals surface area contributed by atoms with Crippen molar-refractivity contribution in [2.75, 3.05) is 26.4 Å². The summed E-state index contributed by atoms with van der Waals surface area (Å²) in [7, 11) is 0. The standard InChI is InChI=1S/C14H19NO3/c1-11-3-2-4-12(9-11)5-6-15-14(16)13-10-17-7-8-18-13/h2-4,9,13H,5-8,10H2,1H3,(H,15,16)/t13-/m0/s1. The predicted octanol–water partition coefficient (Wildman–Crippen LogP) is 1.07. The molecule has 1 aliphatic rings. The molecule has 4 heteroatoms. The second-order valence-electron chi connectivity index (χ2n) is 4.46. The molecule has 0 aromatic heterocycles. The minimum Gasteiger partial charge on any atom is -0.376 e. The van der Waals surface area contributed by atoms with Crippen LogP contribution in [0.15, 0.2) is 24.3 Å². The van der Waals surface area contributed by atoms with Gasteiger partial charge in [0.2, 0.25) is 0 Å². The molecule has 1 heterocycles. The van der Waals surface area contributed by atoms with Crippen LogP contribution >= 0.6 is 0 Å². The van der Waals surface area contributed by atoms with E-state index in [0.717, 1.165) is 6.42 Å². The molecular weight excluding hydrogens is 230 g/mol. The summed E-state index contributed by atoms with van der Waals surface area (Å²) in [5, 5.41) is 2.88. The third-order valence-corrected chi connectivity index (χ3v) is 2.90. The number of aryl methyl sites for hydroxylation is 1. The maximum Gasteiger partial charge on any atom is 0.251 e. The molecule has 4 nitrogen and oxygen atoms in total. The van der Waals surface area contributed by atoms with E-state index in [-0.39, 0.29) is 5.91 Å². The molecule has 1 atom stereocenters. The highest BCUT2D eigenvalue weighted by Gasteiger charge is 2.21. The Morgan fingerprint density at radius 3 is 3.06 bits per heavy atom. The fraction of sp³-hybridized carbons (Fsp3) is 0.500. The first kappa shape index (κ1) is 13.1. The third-order valence-electron chi connectivity index (χ3n) is 2.90. The molecule has 1 aromatic carbocycles. The van der Waals surface area contributed by atoms with E-state index in [4.69, 9.17) is 9.47 Å². The lowest BCUT2D eigenvalue weighted by atomic mass is 10.1. The van der Waals surface area contributed by atoms with Crippen LogP contribution in [0.25, 0.3) is 0 Å². The smallest absolute Gasteiger partial charge is 0.251 e. The number of hydrogen-bond acceptors (Lipinski definition) is 3. The second kappa shape index (κ2) is 6.52. The van der Waals surface area contributed by atoms with Gasteiger partial charge in [-0.25, -0.2) is 0 Å². The van der Waals surface area contributed by atoms with Crippen LogP contribution in [0.3, 0.4) is 0 Å². The molecule has 1 fully saturated rings. The van der Waals surface area contributed by atoms with Gasteiger partial charge >= 0.3 is 0 Å². The molecule has 98 valence electrons. The van der Waals surface area contributed by atoms with Gasteiger partial charge in [0.05, 0.1) is 19.8 Å². The van der Waals surface area contributed by atoms with Crippen LogP contribution < -0.4 is 5.32 Å². The van der Waals surface area contributed by atoms with Crippen molar-refractivity contribution < 1.29 is 14.3 Å². The zero-order valence-electron chi connectivity index (χ0n) is 10.6. The molecule has 2 rings (SSSR count). The predicted molar refractivity (Wildman–Crippen MR) is 68.5 cm³/mol. The van der Waals surface area contributed by atoms with Gasteiger partial charge in [0.1, 0.15) is 0 Å². The minimum absolute atomic E-state index is 0.0812. The summed E-state index contributed by atoms with van der Waals surface area (Å²) in [4.78, 5) is 11.7. The number of nitrogens with one attached hydrogen (secondary N) is 1. The van der Waals surface area contributed by atoms with Crippen molar-refractivity contribution >= 4 is 5.91 Å². The largest absolute Gasteiger partial charge is 0.376 e. The summed E-state index contributed by atoms with van der Waals surface area (Å²) in [5.41, 5.74) is 2.47. The molecule has 1 aliphatic heterocycles. The van der Waals surface area contributed by atoms with Crippen LogP contribution in [0, 0.1) is 6.92 Å². The molecule has 0 bridgehead atoms. The van der Waals surface area contributed by atoms with Crippen LogP contribution in [-0.2, 0) is 20.7 Å². The van der Waals surface area contributed by atoms with E-state index < -0.39 is 6.10 Å². The van der Waals surface area contributed by atoms with Crippen molar-refractivity contribution in [1.29, 1.82) is 0 Å². The molecule has 0 saturated carbocycles. The van der Waals surface area contributed by atoms with E-state index in [0.29, 0.717) is 26.4 Å². The summed E-state index contributed by atoms with van der Waals surface area (Å²) >= 11 is 0. The highest BCUT2D eigenvalue weighted by atomic mass is 16.6. The first-order valence-electron chi connectivity index (χ1n) is 6.28. The van der Waals surface area contributed by atoms with E-state index >= 15 is 0 Å². The van der Waals surface area contributed by atoms with E-state index in [9.17, 15) is 4.79 Å². The summed E-state index contributed by atoms with van der Waals surface area (Å²) in [5.74, 6) is -0.0812. The van der Waals surface area contributed by atoms with Crippen molar-refractivity contribution in [3.05, 3.63) is 35.4 Å². The zero-order chi connectivity index (χ0) is 12.8. The number of carbonyl (C=O) groups excluding carboxylic acids is 1. The Hall–Kier alpha value is -1.39. The average Bonchev–Trinajstić information content (AvgIpc) is 2.40. The monoisotopic (exact) mass is 249 g/mol. The Labute approximate surface area is 107 Å². The van der Waals surface area contributed by atoms with Gasteiger partial charge in [0, 0.05) is 6.54 Å². The van der Waals surface area contributed by atoms with E-state index in [1.807, 2.05) is 6.07 Å². The van der Waals surface area contributed by atoms with Gasteiger partial charge < -0.3 is 14.8 Å². The van der Waals surface area contributed by atoms with Crippen molar-refractivity contribution in [1.82, 2.24) is 5.32 Å². The van der Waals surface area contributed by atoms with Crippen LogP contribution in [0.1, 0.15) is 11.1 Å². The Bertz CT molecular complexity index is 400. The molecule has 1 amide bonds. The maximum atomic E-state index is 11.7. The Kier molecular flexibility index (Phi) is 4.73. The molecule has 1 N–H and O–H groups in total. The normalized spacial score (nSPS) is 19.5. The lowest BCUT2D eigenvalue weighted by Crippen LogP contribution is -2.43. The van der Waals surface area contributed by atoms with E-state index in [2.05, 4.69) is 30.4 Å². The number of ether oxygens (including phenoxy) is 2. The summed E-state index contributed by atoms with van der Waals surface area (Å²) in [6.45, 7) is 4.12. The molecule has 1 aromatic rings. The molecule has 0 aliphatic carbocycles. The van der Waals surface area contributed by atoms with Crippen LogP contribution in [-0.4, -0.2) is 38.4 Å². The highest BCUT2D eigenvalue weighted by molar-refractivity contribution is 5.80. The SMILES string of the molecule is Cc1cccc(CCNC(=O)[C@@H]2COCCO2)c1. The minimum atomic E-state index is -0.448. The summed E-state index contributed by atoms with van der Waals surface area (Å²) in [6, 6.07) is 8.30. The van der Waals surface area contributed by atoms with Gasteiger partial charge in [-0.15, -0.1) is 0 Å².